The Balaban J connectivity index is 1.07. The SMILES string of the molecule is CC(C)CCC[C@@H](C)[C@H]1CC[C@H]2[C@@H]3CC=C4C[C@H](OCCOCCOCCOCCOCCOS(C)(=O)=O)CC[C@]4(C)[C@H]3CC[C@]12C. The zero-order valence-corrected chi connectivity index (χ0v) is 31.5. The zero-order valence-electron chi connectivity index (χ0n) is 30.6. The van der Waals surface area contributed by atoms with Gasteiger partial charge in [0.2, 0.25) is 0 Å². The second-order valence-electron chi connectivity index (χ2n) is 16.0. The lowest BCUT2D eigenvalue weighted by atomic mass is 9.47. The second kappa shape index (κ2) is 18.6. The molecule has 0 aliphatic heterocycles. The van der Waals surface area contributed by atoms with E-state index < -0.39 is 10.1 Å². The average molecular weight is 685 g/mol. The molecule has 4 aliphatic carbocycles. The van der Waals surface area contributed by atoms with Gasteiger partial charge in [-0.25, -0.2) is 0 Å². The quantitative estimate of drug-likeness (QED) is 0.0660. The molecule has 0 saturated heterocycles. The van der Waals surface area contributed by atoms with Gasteiger partial charge in [0.15, 0.2) is 0 Å². The van der Waals surface area contributed by atoms with Gasteiger partial charge in [-0.15, -0.1) is 0 Å². The van der Waals surface area contributed by atoms with E-state index in [-0.39, 0.29) is 13.2 Å². The molecule has 0 aromatic heterocycles. The Labute approximate surface area is 287 Å². The predicted molar refractivity (Wildman–Crippen MR) is 187 cm³/mol. The molecular formula is C38H68O8S. The molecule has 0 N–H and O–H groups in total. The maximum absolute atomic E-state index is 10.9. The van der Waals surface area contributed by atoms with Crippen LogP contribution >= 0.6 is 0 Å². The minimum absolute atomic E-state index is 0.0187. The smallest absolute Gasteiger partial charge is 0.264 e. The molecule has 0 bridgehead atoms. The van der Waals surface area contributed by atoms with Crippen LogP contribution in [-0.2, 0) is 38.0 Å². The standard InChI is InChI=1S/C38H68O8S/c1-29(2)8-7-9-30(3)34-12-13-35-33-11-10-31-28-32(14-16-37(31,4)36(33)15-17-38(34,35)5)45-26-24-43-22-20-41-18-19-42-21-23-44-25-27-46-47(6,39)40/h10,29-30,32-36H,7-9,11-28H2,1-6H3/t30-,32-,33+,34-,35+,36+,37+,38-/m1/s1. The third kappa shape index (κ3) is 11.2. The average Bonchev–Trinajstić information content (AvgIpc) is 3.37. The summed E-state index contributed by atoms with van der Waals surface area (Å²) in [6.45, 7) is 16.9. The summed E-state index contributed by atoms with van der Waals surface area (Å²) >= 11 is 0. The van der Waals surface area contributed by atoms with E-state index in [2.05, 4.69) is 44.9 Å². The first-order chi connectivity index (χ1) is 22.4. The highest BCUT2D eigenvalue weighted by Gasteiger charge is 2.59. The Bertz CT molecular complexity index is 1060. The minimum atomic E-state index is -3.41. The molecule has 4 aliphatic rings. The third-order valence-electron chi connectivity index (χ3n) is 12.5. The summed E-state index contributed by atoms with van der Waals surface area (Å²) < 4.78 is 54.7. The van der Waals surface area contributed by atoms with Crippen LogP contribution in [-0.4, -0.2) is 86.8 Å². The van der Waals surface area contributed by atoms with Gasteiger partial charge in [0, 0.05) is 0 Å². The van der Waals surface area contributed by atoms with Crippen molar-refractivity contribution >= 4 is 10.1 Å². The summed E-state index contributed by atoms with van der Waals surface area (Å²) in [6, 6.07) is 0. The topological polar surface area (TPSA) is 89.5 Å². The van der Waals surface area contributed by atoms with Crippen LogP contribution < -0.4 is 0 Å². The minimum Gasteiger partial charge on any atom is -0.377 e. The van der Waals surface area contributed by atoms with Crippen LogP contribution in [0.3, 0.4) is 0 Å². The van der Waals surface area contributed by atoms with Crippen molar-refractivity contribution in [3.63, 3.8) is 0 Å². The van der Waals surface area contributed by atoms with E-state index in [0.717, 1.165) is 54.6 Å². The van der Waals surface area contributed by atoms with Crippen molar-refractivity contribution in [1.29, 1.82) is 0 Å². The highest BCUT2D eigenvalue weighted by atomic mass is 32.2. The van der Waals surface area contributed by atoms with Gasteiger partial charge >= 0.3 is 0 Å². The monoisotopic (exact) mass is 684 g/mol. The predicted octanol–water partition coefficient (Wildman–Crippen LogP) is 7.46. The van der Waals surface area contributed by atoms with Gasteiger partial charge < -0.3 is 23.7 Å². The van der Waals surface area contributed by atoms with Gasteiger partial charge in [0.1, 0.15) is 0 Å². The maximum atomic E-state index is 10.9. The van der Waals surface area contributed by atoms with E-state index in [1.807, 2.05) is 0 Å². The molecular weight excluding hydrogens is 616 g/mol. The number of rotatable bonds is 22. The van der Waals surface area contributed by atoms with Crippen molar-refractivity contribution in [3.05, 3.63) is 11.6 Å². The number of fused-ring (bicyclic) bond motifs is 5. The molecule has 4 rings (SSSR count). The molecule has 8 nitrogen and oxygen atoms in total. The van der Waals surface area contributed by atoms with Crippen LogP contribution in [0.15, 0.2) is 11.6 Å². The Morgan fingerprint density at radius 1 is 0.766 bits per heavy atom. The van der Waals surface area contributed by atoms with Gasteiger partial charge in [-0.2, -0.15) is 8.42 Å². The largest absolute Gasteiger partial charge is 0.377 e. The maximum Gasteiger partial charge on any atom is 0.264 e. The number of hydrogen-bond acceptors (Lipinski definition) is 8. The second-order valence-corrected chi connectivity index (χ2v) is 17.6. The molecule has 274 valence electrons. The Kier molecular flexibility index (Phi) is 15.5. The Morgan fingerprint density at radius 2 is 1.38 bits per heavy atom. The van der Waals surface area contributed by atoms with Gasteiger partial charge in [0.05, 0.1) is 78.4 Å². The fraction of sp³-hybridized carbons (Fsp3) is 0.947. The molecule has 0 aromatic rings. The fourth-order valence-corrected chi connectivity index (χ4v) is 10.4. The summed E-state index contributed by atoms with van der Waals surface area (Å²) in [5, 5.41) is 0. The highest BCUT2D eigenvalue weighted by Crippen LogP contribution is 2.67. The summed E-state index contributed by atoms with van der Waals surface area (Å²) in [7, 11) is -3.41. The van der Waals surface area contributed by atoms with Crippen molar-refractivity contribution in [2.75, 3.05) is 72.3 Å². The van der Waals surface area contributed by atoms with Crippen LogP contribution in [0.25, 0.3) is 0 Å². The van der Waals surface area contributed by atoms with Crippen LogP contribution in [0.5, 0.6) is 0 Å². The van der Waals surface area contributed by atoms with E-state index in [4.69, 9.17) is 23.7 Å². The molecule has 0 amide bonds. The Morgan fingerprint density at radius 3 is 2.00 bits per heavy atom. The van der Waals surface area contributed by atoms with E-state index >= 15 is 0 Å². The lowest BCUT2D eigenvalue weighted by Crippen LogP contribution is -2.51. The first-order valence-corrected chi connectivity index (χ1v) is 20.7. The lowest BCUT2D eigenvalue weighted by molar-refractivity contribution is -0.0692. The van der Waals surface area contributed by atoms with E-state index in [9.17, 15) is 8.42 Å². The van der Waals surface area contributed by atoms with Crippen molar-refractivity contribution < 1.29 is 36.3 Å². The van der Waals surface area contributed by atoms with Gasteiger partial charge in [0.25, 0.3) is 10.1 Å². The van der Waals surface area contributed by atoms with Crippen LogP contribution in [0.1, 0.15) is 105 Å². The summed E-state index contributed by atoms with van der Waals surface area (Å²) in [4.78, 5) is 0. The first kappa shape index (κ1) is 39.2. The Hall–Kier alpha value is -0.550. The van der Waals surface area contributed by atoms with Gasteiger partial charge in [-0.05, 0) is 97.7 Å². The highest BCUT2D eigenvalue weighted by molar-refractivity contribution is 7.85. The normalized spacial score (nSPS) is 32.9. The van der Waals surface area contributed by atoms with E-state index in [1.54, 1.807) is 5.57 Å². The third-order valence-corrected chi connectivity index (χ3v) is 13.1. The molecule has 0 spiro atoms. The number of ether oxygens (including phenoxy) is 5. The molecule has 8 atom stereocenters. The molecule has 0 heterocycles. The van der Waals surface area contributed by atoms with E-state index in [0.29, 0.717) is 69.8 Å². The van der Waals surface area contributed by atoms with Crippen LogP contribution in [0.4, 0.5) is 0 Å². The fourth-order valence-electron chi connectivity index (χ4n) is 10.1. The van der Waals surface area contributed by atoms with Crippen molar-refractivity contribution in [2.24, 2.45) is 46.3 Å². The molecule has 3 saturated carbocycles. The van der Waals surface area contributed by atoms with Gasteiger partial charge in [-0.1, -0.05) is 65.5 Å². The zero-order chi connectivity index (χ0) is 33.9. The lowest BCUT2D eigenvalue weighted by Gasteiger charge is -2.58. The van der Waals surface area contributed by atoms with E-state index in [1.165, 1.54) is 57.8 Å². The van der Waals surface area contributed by atoms with Crippen molar-refractivity contribution in [2.45, 2.75) is 111 Å². The summed E-state index contributed by atoms with van der Waals surface area (Å²) in [5.74, 6) is 5.27. The molecule has 0 unspecified atom stereocenters. The summed E-state index contributed by atoms with van der Waals surface area (Å²) in [5.41, 5.74) is 2.61. The molecule has 0 aromatic carbocycles. The molecule has 47 heavy (non-hydrogen) atoms. The van der Waals surface area contributed by atoms with Gasteiger partial charge in [-0.3, -0.25) is 4.18 Å². The van der Waals surface area contributed by atoms with Crippen LogP contribution in [0, 0.1) is 46.3 Å². The number of hydrogen-bond donors (Lipinski definition) is 0. The van der Waals surface area contributed by atoms with Crippen molar-refractivity contribution in [3.8, 4) is 0 Å². The number of allylic oxidation sites excluding steroid dienone is 1. The van der Waals surface area contributed by atoms with Crippen molar-refractivity contribution in [1.82, 2.24) is 0 Å². The summed E-state index contributed by atoms with van der Waals surface area (Å²) in [6.07, 6.45) is 18.8. The molecule has 0 radical (unpaired) electrons. The first-order valence-electron chi connectivity index (χ1n) is 18.9. The molecule has 3 fully saturated rings. The molecule has 9 heteroatoms. The van der Waals surface area contributed by atoms with Crippen LogP contribution in [0.2, 0.25) is 0 Å².